The molecule has 0 fully saturated rings. The Morgan fingerprint density at radius 2 is 2.19 bits per heavy atom. The lowest BCUT2D eigenvalue weighted by Crippen LogP contribution is -2.37. The Morgan fingerprint density at radius 3 is 2.71 bits per heavy atom. The molecule has 0 radical (unpaired) electrons. The largest absolute Gasteiger partial charge is 0.494 e. The molecule has 114 valence electrons. The van der Waals surface area contributed by atoms with E-state index in [2.05, 4.69) is 11.4 Å². The minimum absolute atomic E-state index is 0.0983. The van der Waals surface area contributed by atoms with Crippen molar-refractivity contribution >= 4 is 5.69 Å². The first-order valence-electron chi connectivity index (χ1n) is 6.90. The maximum atomic E-state index is 10.7. The van der Waals surface area contributed by atoms with E-state index in [1.54, 1.807) is 26.1 Å². The SMILES string of the molecule is CNC(C)(C#N)CCCCOc1ccc([N+](=O)[O-])c(C)c1. The molecule has 1 atom stereocenters. The van der Waals surface area contributed by atoms with Gasteiger partial charge in [0.15, 0.2) is 0 Å². The van der Waals surface area contributed by atoms with Gasteiger partial charge in [-0.15, -0.1) is 0 Å². The lowest BCUT2D eigenvalue weighted by atomic mass is 9.97. The fraction of sp³-hybridized carbons (Fsp3) is 0.533. The van der Waals surface area contributed by atoms with Crippen LogP contribution >= 0.6 is 0 Å². The number of nitrogens with one attached hydrogen (secondary N) is 1. The lowest BCUT2D eigenvalue weighted by molar-refractivity contribution is -0.385. The molecule has 0 heterocycles. The maximum Gasteiger partial charge on any atom is 0.272 e. The van der Waals surface area contributed by atoms with Crippen LogP contribution in [0.15, 0.2) is 18.2 Å². The van der Waals surface area contributed by atoms with Crippen LogP contribution in [0.5, 0.6) is 5.75 Å². The molecule has 6 nitrogen and oxygen atoms in total. The van der Waals surface area contributed by atoms with Crippen molar-refractivity contribution in [3.63, 3.8) is 0 Å². The molecule has 0 aliphatic heterocycles. The number of hydrogen-bond acceptors (Lipinski definition) is 5. The molecule has 1 aromatic rings. The van der Waals surface area contributed by atoms with E-state index < -0.39 is 10.5 Å². The van der Waals surface area contributed by atoms with Crippen molar-refractivity contribution in [2.24, 2.45) is 0 Å². The van der Waals surface area contributed by atoms with E-state index in [0.717, 1.165) is 19.3 Å². The van der Waals surface area contributed by atoms with E-state index >= 15 is 0 Å². The molecule has 0 aliphatic carbocycles. The van der Waals surface area contributed by atoms with Crippen LogP contribution in [0.4, 0.5) is 5.69 Å². The first kappa shape index (κ1) is 16.9. The third-order valence-electron chi connectivity index (χ3n) is 3.50. The topological polar surface area (TPSA) is 88.2 Å². The predicted octanol–water partition coefficient (Wildman–Crippen LogP) is 2.95. The van der Waals surface area contributed by atoms with Gasteiger partial charge in [0, 0.05) is 11.6 Å². The standard InChI is InChI=1S/C15H21N3O3/c1-12-10-13(6-7-14(12)18(19)20)21-9-5-4-8-15(2,11-16)17-3/h6-7,10,17H,4-5,8-9H2,1-3H3. The fourth-order valence-electron chi connectivity index (χ4n) is 1.93. The van der Waals surface area contributed by atoms with Gasteiger partial charge in [0.2, 0.25) is 0 Å². The molecule has 1 unspecified atom stereocenters. The van der Waals surface area contributed by atoms with Gasteiger partial charge < -0.3 is 10.1 Å². The zero-order chi connectivity index (χ0) is 15.9. The Bertz CT molecular complexity index is 539. The van der Waals surface area contributed by atoms with E-state index in [9.17, 15) is 10.1 Å². The smallest absolute Gasteiger partial charge is 0.272 e. The van der Waals surface area contributed by atoms with Crippen LogP contribution in [0, 0.1) is 28.4 Å². The Morgan fingerprint density at radius 1 is 1.48 bits per heavy atom. The molecule has 0 aliphatic rings. The number of nitrogens with zero attached hydrogens (tertiary/aromatic N) is 2. The summed E-state index contributed by atoms with van der Waals surface area (Å²) in [5, 5.41) is 22.7. The van der Waals surface area contributed by atoms with Gasteiger partial charge in [-0.1, -0.05) is 0 Å². The number of aryl methyl sites for hydroxylation is 1. The van der Waals surface area contributed by atoms with Crippen molar-refractivity contribution in [2.45, 2.75) is 38.6 Å². The molecule has 0 amide bonds. The second-order valence-electron chi connectivity index (χ2n) is 5.20. The molecule has 6 heteroatoms. The van der Waals surface area contributed by atoms with Crippen molar-refractivity contribution < 1.29 is 9.66 Å². The number of nitro benzene ring substituents is 1. The van der Waals surface area contributed by atoms with Crippen molar-refractivity contribution in [1.29, 1.82) is 5.26 Å². The van der Waals surface area contributed by atoms with Gasteiger partial charge in [0.25, 0.3) is 5.69 Å². The van der Waals surface area contributed by atoms with Gasteiger partial charge in [0.1, 0.15) is 11.3 Å². The average Bonchev–Trinajstić information content (AvgIpc) is 2.46. The fourth-order valence-corrected chi connectivity index (χ4v) is 1.93. The van der Waals surface area contributed by atoms with Crippen LogP contribution in [0.3, 0.4) is 0 Å². The van der Waals surface area contributed by atoms with Gasteiger partial charge in [-0.3, -0.25) is 10.1 Å². The van der Waals surface area contributed by atoms with E-state index in [4.69, 9.17) is 10.00 Å². The highest BCUT2D eigenvalue weighted by atomic mass is 16.6. The summed E-state index contributed by atoms with van der Waals surface area (Å²) >= 11 is 0. The molecule has 0 spiro atoms. The van der Waals surface area contributed by atoms with Crippen LogP contribution in [0.25, 0.3) is 0 Å². The summed E-state index contributed by atoms with van der Waals surface area (Å²) in [5.74, 6) is 0.634. The van der Waals surface area contributed by atoms with Crippen molar-refractivity contribution in [2.75, 3.05) is 13.7 Å². The summed E-state index contributed by atoms with van der Waals surface area (Å²) in [5.41, 5.74) is 0.190. The number of hydrogen-bond donors (Lipinski definition) is 1. The Labute approximate surface area is 124 Å². The quantitative estimate of drug-likeness (QED) is 0.452. The van der Waals surface area contributed by atoms with Gasteiger partial charge >= 0.3 is 0 Å². The second-order valence-corrected chi connectivity index (χ2v) is 5.20. The minimum atomic E-state index is -0.496. The second kappa shape index (κ2) is 7.60. The molecule has 0 bridgehead atoms. The van der Waals surface area contributed by atoms with Gasteiger partial charge in [0.05, 0.1) is 17.6 Å². The molecule has 21 heavy (non-hydrogen) atoms. The highest BCUT2D eigenvalue weighted by Gasteiger charge is 2.19. The molecule has 0 saturated heterocycles. The predicted molar refractivity (Wildman–Crippen MR) is 80.3 cm³/mol. The third kappa shape index (κ3) is 5.04. The summed E-state index contributed by atoms with van der Waals surface area (Å²) in [6.07, 6.45) is 2.45. The summed E-state index contributed by atoms with van der Waals surface area (Å²) in [6.45, 7) is 4.09. The summed E-state index contributed by atoms with van der Waals surface area (Å²) in [7, 11) is 1.78. The summed E-state index contributed by atoms with van der Waals surface area (Å²) in [6, 6.07) is 6.98. The van der Waals surface area contributed by atoms with Crippen LogP contribution in [0.1, 0.15) is 31.7 Å². The first-order valence-corrected chi connectivity index (χ1v) is 6.90. The summed E-state index contributed by atoms with van der Waals surface area (Å²) in [4.78, 5) is 10.3. The third-order valence-corrected chi connectivity index (χ3v) is 3.50. The van der Waals surface area contributed by atoms with Gasteiger partial charge in [-0.2, -0.15) is 5.26 Å². The van der Waals surface area contributed by atoms with Crippen molar-refractivity contribution in [1.82, 2.24) is 5.32 Å². The normalized spacial score (nSPS) is 13.2. The number of benzene rings is 1. The molecule has 0 saturated carbocycles. The summed E-state index contributed by atoms with van der Waals surface area (Å²) < 4.78 is 5.58. The zero-order valence-corrected chi connectivity index (χ0v) is 12.7. The monoisotopic (exact) mass is 291 g/mol. The molecular formula is C15H21N3O3. The highest BCUT2D eigenvalue weighted by Crippen LogP contribution is 2.23. The van der Waals surface area contributed by atoms with Crippen LogP contribution in [-0.4, -0.2) is 24.1 Å². The van der Waals surface area contributed by atoms with E-state index in [0.29, 0.717) is 17.9 Å². The molecule has 1 N–H and O–H groups in total. The van der Waals surface area contributed by atoms with Crippen molar-refractivity contribution in [3.8, 4) is 11.8 Å². The number of ether oxygens (including phenoxy) is 1. The number of unbranched alkanes of at least 4 members (excludes halogenated alkanes) is 1. The van der Waals surface area contributed by atoms with Crippen molar-refractivity contribution in [3.05, 3.63) is 33.9 Å². The van der Waals surface area contributed by atoms with Gasteiger partial charge in [-0.05, 0) is 52.3 Å². The highest BCUT2D eigenvalue weighted by molar-refractivity contribution is 5.44. The molecular weight excluding hydrogens is 270 g/mol. The molecule has 0 aromatic heterocycles. The molecule has 1 aromatic carbocycles. The number of nitro groups is 1. The van der Waals surface area contributed by atoms with E-state index in [1.165, 1.54) is 6.07 Å². The Hall–Kier alpha value is -2.13. The average molecular weight is 291 g/mol. The van der Waals surface area contributed by atoms with Crippen LogP contribution < -0.4 is 10.1 Å². The molecule has 1 rings (SSSR count). The minimum Gasteiger partial charge on any atom is -0.494 e. The maximum absolute atomic E-state index is 10.7. The first-order chi connectivity index (χ1) is 9.91. The van der Waals surface area contributed by atoms with E-state index in [-0.39, 0.29) is 5.69 Å². The Kier molecular flexibility index (Phi) is 6.12. The number of rotatable bonds is 8. The van der Waals surface area contributed by atoms with Crippen LogP contribution in [0.2, 0.25) is 0 Å². The van der Waals surface area contributed by atoms with Gasteiger partial charge in [-0.25, -0.2) is 0 Å². The lowest BCUT2D eigenvalue weighted by Gasteiger charge is -2.20. The van der Waals surface area contributed by atoms with E-state index in [1.807, 2.05) is 6.92 Å². The Balaban J connectivity index is 2.39. The number of nitriles is 1. The van der Waals surface area contributed by atoms with Crippen LogP contribution in [-0.2, 0) is 0 Å². The zero-order valence-electron chi connectivity index (χ0n) is 12.7.